The van der Waals surface area contributed by atoms with Gasteiger partial charge in [-0.05, 0) is 61.9 Å². The van der Waals surface area contributed by atoms with E-state index in [9.17, 15) is 14.0 Å². The number of hydrogen-bond acceptors (Lipinski definition) is 7. The molecule has 0 bridgehead atoms. The summed E-state index contributed by atoms with van der Waals surface area (Å²) in [7, 11) is 0. The van der Waals surface area contributed by atoms with Crippen LogP contribution >= 0.6 is 0 Å². The zero-order valence-corrected chi connectivity index (χ0v) is 19.5. The number of nitrogens with one attached hydrogen (secondary N) is 1. The average Bonchev–Trinajstić information content (AvgIpc) is 3.28. The molecule has 1 aromatic heterocycles. The number of aromatic nitrogens is 1. The van der Waals surface area contributed by atoms with Gasteiger partial charge in [0.25, 0.3) is 5.91 Å². The monoisotopic (exact) mass is 487 g/mol. The molecule has 4 rings (SSSR count). The second kappa shape index (κ2) is 11.1. The molecule has 0 saturated carbocycles. The first-order valence-corrected chi connectivity index (χ1v) is 11.1. The summed E-state index contributed by atoms with van der Waals surface area (Å²) in [5.74, 6) is -0.702. The van der Waals surface area contributed by atoms with Crippen LogP contribution < -0.4 is 14.9 Å². The van der Waals surface area contributed by atoms with Gasteiger partial charge in [0.15, 0.2) is 11.5 Å². The van der Waals surface area contributed by atoms with E-state index in [-0.39, 0.29) is 16.9 Å². The number of nitrogens with zero attached hydrogens (tertiary/aromatic N) is 2. The number of esters is 1. The number of hydrazone groups is 1. The summed E-state index contributed by atoms with van der Waals surface area (Å²) in [4.78, 5) is 25.2. The quantitative estimate of drug-likeness (QED) is 0.159. The lowest BCUT2D eigenvalue weighted by atomic mass is 10.1. The van der Waals surface area contributed by atoms with E-state index in [4.69, 9.17) is 14.0 Å². The number of aryl methyl sites for hydroxylation is 1. The number of amides is 1. The molecule has 0 aliphatic rings. The van der Waals surface area contributed by atoms with Crippen LogP contribution in [0.25, 0.3) is 11.3 Å². The highest BCUT2D eigenvalue weighted by atomic mass is 19.1. The van der Waals surface area contributed by atoms with Gasteiger partial charge in [-0.25, -0.2) is 14.6 Å². The predicted octanol–water partition coefficient (Wildman–Crippen LogP) is 5.17. The summed E-state index contributed by atoms with van der Waals surface area (Å²) >= 11 is 0. The second-order valence-corrected chi connectivity index (χ2v) is 7.56. The lowest BCUT2D eigenvalue weighted by Gasteiger charge is -2.11. The number of carbonyl (C=O) groups is 2. The standard InChI is InChI=1S/C27H22FN3O5/c1-3-34-23-15-18(9-14-22(23)35-27(33)20-10-12-21(28)13-11-20)16-29-30-26(32)24-17(2)36-31-25(24)19-7-5-4-6-8-19/h4-16H,3H2,1-2H3,(H,30,32)/b29-16+. The van der Waals surface area contributed by atoms with Gasteiger partial charge in [0, 0.05) is 5.56 Å². The number of ether oxygens (including phenoxy) is 2. The summed E-state index contributed by atoms with van der Waals surface area (Å²) in [5.41, 5.74) is 4.73. The van der Waals surface area contributed by atoms with Crippen molar-refractivity contribution in [3.63, 3.8) is 0 Å². The third-order valence-electron chi connectivity index (χ3n) is 5.07. The first-order valence-electron chi connectivity index (χ1n) is 11.1. The van der Waals surface area contributed by atoms with Crippen molar-refractivity contribution in [3.8, 4) is 22.8 Å². The van der Waals surface area contributed by atoms with Gasteiger partial charge in [-0.1, -0.05) is 35.5 Å². The molecule has 1 heterocycles. The van der Waals surface area contributed by atoms with Crippen LogP contribution in [0.4, 0.5) is 4.39 Å². The van der Waals surface area contributed by atoms with Gasteiger partial charge in [-0.3, -0.25) is 4.79 Å². The minimum atomic E-state index is -0.650. The molecule has 0 unspecified atom stereocenters. The van der Waals surface area contributed by atoms with Crippen molar-refractivity contribution < 1.29 is 28.0 Å². The van der Waals surface area contributed by atoms with Gasteiger partial charge in [0.2, 0.25) is 0 Å². The minimum absolute atomic E-state index is 0.194. The topological polar surface area (TPSA) is 103 Å². The van der Waals surface area contributed by atoms with Crippen LogP contribution in [0.2, 0.25) is 0 Å². The maximum atomic E-state index is 13.1. The van der Waals surface area contributed by atoms with Crippen LogP contribution in [0.15, 0.2) is 82.4 Å². The summed E-state index contributed by atoms with van der Waals surface area (Å²) in [6, 6.07) is 19.1. The molecule has 0 spiro atoms. The highest BCUT2D eigenvalue weighted by Crippen LogP contribution is 2.29. The van der Waals surface area contributed by atoms with Crippen LogP contribution in [0, 0.1) is 12.7 Å². The Morgan fingerprint density at radius 3 is 2.53 bits per heavy atom. The zero-order chi connectivity index (χ0) is 25.5. The van der Waals surface area contributed by atoms with Crippen molar-refractivity contribution in [3.05, 3.63) is 101 Å². The second-order valence-electron chi connectivity index (χ2n) is 7.56. The third-order valence-corrected chi connectivity index (χ3v) is 5.07. The molecule has 0 fully saturated rings. The molecular formula is C27H22FN3O5. The Morgan fingerprint density at radius 1 is 1.06 bits per heavy atom. The Morgan fingerprint density at radius 2 is 1.81 bits per heavy atom. The van der Waals surface area contributed by atoms with Crippen molar-refractivity contribution in [2.24, 2.45) is 5.10 Å². The van der Waals surface area contributed by atoms with Crippen molar-refractivity contribution in [1.29, 1.82) is 0 Å². The number of rotatable bonds is 8. The molecule has 36 heavy (non-hydrogen) atoms. The van der Waals surface area contributed by atoms with Gasteiger partial charge < -0.3 is 14.0 Å². The van der Waals surface area contributed by atoms with Crippen LogP contribution in [-0.4, -0.2) is 29.9 Å². The Balaban J connectivity index is 1.47. The van der Waals surface area contributed by atoms with Crippen LogP contribution in [0.5, 0.6) is 11.5 Å². The molecule has 1 N–H and O–H groups in total. The first kappa shape index (κ1) is 24.3. The predicted molar refractivity (Wildman–Crippen MR) is 131 cm³/mol. The lowest BCUT2D eigenvalue weighted by molar-refractivity contribution is 0.0728. The van der Waals surface area contributed by atoms with Gasteiger partial charge in [-0.2, -0.15) is 5.10 Å². The molecule has 0 aliphatic carbocycles. The minimum Gasteiger partial charge on any atom is -0.490 e. The molecule has 0 aliphatic heterocycles. The fraction of sp³-hybridized carbons (Fsp3) is 0.111. The fourth-order valence-corrected chi connectivity index (χ4v) is 3.36. The third kappa shape index (κ3) is 5.64. The van der Waals surface area contributed by atoms with E-state index < -0.39 is 17.7 Å². The smallest absolute Gasteiger partial charge is 0.343 e. The van der Waals surface area contributed by atoms with Gasteiger partial charge in [0.05, 0.1) is 18.4 Å². The maximum absolute atomic E-state index is 13.1. The van der Waals surface area contributed by atoms with Crippen LogP contribution in [-0.2, 0) is 0 Å². The Labute approximate surface area is 206 Å². The van der Waals surface area contributed by atoms with E-state index in [1.165, 1.54) is 30.5 Å². The zero-order valence-electron chi connectivity index (χ0n) is 19.5. The molecule has 0 saturated heterocycles. The summed E-state index contributed by atoms with van der Waals surface area (Å²) < 4.78 is 29.4. The molecule has 182 valence electrons. The molecule has 1 amide bonds. The van der Waals surface area contributed by atoms with Crippen LogP contribution in [0.3, 0.4) is 0 Å². The molecule has 8 nitrogen and oxygen atoms in total. The number of halogens is 1. The van der Waals surface area contributed by atoms with Gasteiger partial charge in [-0.15, -0.1) is 0 Å². The van der Waals surface area contributed by atoms with Crippen molar-refractivity contribution in [1.82, 2.24) is 10.6 Å². The Hall–Kier alpha value is -4.79. The Bertz CT molecular complexity index is 1400. The molecule has 9 heteroatoms. The molecule has 3 aromatic carbocycles. The van der Waals surface area contributed by atoms with Gasteiger partial charge in [0.1, 0.15) is 22.8 Å². The summed E-state index contributed by atoms with van der Waals surface area (Å²) in [5, 5.41) is 8.03. The van der Waals surface area contributed by atoms with E-state index in [0.717, 1.165) is 5.56 Å². The number of benzene rings is 3. The van der Waals surface area contributed by atoms with E-state index in [0.29, 0.717) is 29.4 Å². The van der Waals surface area contributed by atoms with Gasteiger partial charge >= 0.3 is 5.97 Å². The lowest BCUT2D eigenvalue weighted by Crippen LogP contribution is -2.18. The highest BCUT2D eigenvalue weighted by Gasteiger charge is 2.21. The summed E-state index contributed by atoms with van der Waals surface area (Å²) in [6.45, 7) is 3.77. The molecule has 0 atom stereocenters. The van der Waals surface area contributed by atoms with Crippen LogP contribution in [0.1, 0.15) is 39.0 Å². The maximum Gasteiger partial charge on any atom is 0.343 e. The Kier molecular flexibility index (Phi) is 7.50. The fourth-order valence-electron chi connectivity index (χ4n) is 3.36. The normalized spacial score (nSPS) is 10.9. The average molecular weight is 487 g/mol. The molecular weight excluding hydrogens is 465 g/mol. The molecule has 0 radical (unpaired) electrons. The first-order chi connectivity index (χ1) is 17.5. The highest BCUT2D eigenvalue weighted by molar-refractivity contribution is 6.01. The van der Waals surface area contributed by atoms with E-state index in [2.05, 4.69) is 15.7 Å². The SMILES string of the molecule is CCOc1cc(/C=N/NC(=O)c2c(-c3ccccc3)noc2C)ccc1OC(=O)c1ccc(F)cc1. The number of hydrogen-bond donors (Lipinski definition) is 1. The van der Waals surface area contributed by atoms with Crippen molar-refractivity contribution in [2.75, 3.05) is 6.61 Å². The number of carbonyl (C=O) groups excluding carboxylic acids is 2. The largest absolute Gasteiger partial charge is 0.490 e. The van der Waals surface area contributed by atoms with Crippen molar-refractivity contribution >= 4 is 18.1 Å². The van der Waals surface area contributed by atoms with E-state index in [1.807, 2.05) is 30.3 Å². The van der Waals surface area contributed by atoms with E-state index >= 15 is 0 Å². The molecule has 4 aromatic rings. The van der Waals surface area contributed by atoms with E-state index in [1.54, 1.807) is 32.0 Å². The van der Waals surface area contributed by atoms with Crippen molar-refractivity contribution in [2.45, 2.75) is 13.8 Å². The summed E-state index contributed by atoms with van der Waals surface area (Å²) in [6.07, 6.45) is 1.43.